The highest BCUT2D eigenvalue weighted by Crippen LogP contribution is 2.20. The number of hydrogen-bond acceptors (Lipinski definition) is 7. The van der Waals surface area contributed by atoms with Crippen molar-refractivity contribution in [2.75, 3.05) is 26.2 Å². The predicted molar refractivity (Wildman–Crippen MR) is 97.2 cm³/mol. The van der Waals surface area contributed by atoms with E-state index in [4.69, 9.17) is 8.94 Å². The van der Waals surface area contributed by atoms with Gasteiger partial charge in [0.05, 0.1) is 17.7 Å². The molecular weight excluding hydrogens is 368 g/mol. The SMILES string of the molecule is Cc1ccc(S(=O)(=O)N2CCN(Cc3nc(-c4ccco4)no3)CC2)cc1. The molecule has 8 nitrogen and oxygen atoms in total. The fourth-order valence-electron chi connectivity index (χ4n) is 3.00. The van der Waals surface area contributed by atoms with Crippen LogP contribution in [0.3, 0.4) is 0 Å². The summed E-state index contributed by atoms with van der Waals surface area (Å²) in [7, 11) is -3.46. The molecule has 1 aliphatic heterocycles. The summed E-state index contributed by atoms with van der Waals surface area (Å²) in [5, 5.41) is 3.91. The third kappa shape index (κ3) is 3.80. The lowest BCUT2D eigenvalue weighted by Gasteiger charge is -2.33. The molecule has 0 bridgehead atoms. The van der Waals surface area contributed by atoms with Gasteiger partial charge in [-0.3, -0.25) is 4.90 Å². The Morgan fingerprint density at radius 3 is 2.48 bits per heavy atom. The number of nitrogens with zero attached hydrogens (tertiary/aromatic N) is 4. The van der Waals surface area contributed by atoms with Gasteiger partial charge in [0.15, 0.2) is 5.76 Å². The van der Waals surface area contributed by atoms with Gasteiger partial charge in [0, 0.05) is 26.2 Å². The van der Waals surface area contributed by atoms with E-state index < -0.39 is 10.0 Å². The number of sulfonamides is 1. The van der Waals surface area contributed by atoms with Crippen molar-refractivity contribution in [3.05, 3.63) is 54.1 Å². The van der Waals surface area contributed by atoms with Gasteiger partial charge in [-0.05, 0) is 31.2 Å². The summed E-state index contributed by atoms with van der Waals surface area (Å²) < 4.78 is 37.6. The topological polar surface area (TPSA) is 92.7 Å². The van der Waals surface area contributed by atoms with Gasteiger partial charge < -0.3 is 8.94 Å². The van der Waals surface area contributed by atoms with Gasteiger partial charge in [-0.15, -0.1) is 0 Å². The van der Waals surface area contributed by atoms with E-state index >= 15 is 0 Å². The van der Waals surface area contributed by atoms with E-state index in [0.717, 1.165) is 5.56 Å². The Morgan fingerprint density at radius 1 is 1.07 bits per heavy atom. The molecule has 4 rings (SSSR count). The molecule has 27 heavy (non-hydrogen) atoms. The normalized spacial score (nSPS) is 16.6. The van der Waals surface area contributed by atoms with Gasteiger partial charge in [0.1, 0.15) is 0 Å². The summed E-state index contributed by atoms with van der Waals surface area (Å²) in [6, 6.07) is 10.5. The first-order chi connectivity index (χ1) is 13.0. The zero-order chi connectivity index (χ0) is 18.9. The van der Waals surface area contributed by atoms with Crippen LogP contribution in [-0.4, -0.2) is 53.9 Å². The van der Waals surface area contributed by atoms with Gasteiger partial charge in [-0.1, -0.05) is 22.9 Å². The molecule has 0 amide bonds. The number of benzene rings is 1. The van der Waals surface area contributed by atoms with Crippen LogP contribution in [-0.2, 0) is 16.6 Å². The molecule has 2 aromatic heterocycles. The Morgan fingerprint density at radius 2 is 1.81 bits per heavy atom. The molecule has 1 saturated heterocycles. The van der Waals surface area contributed by atoms with Gasteiger partial charge in [-0.25, -0.2) is 8.42 Å². The standard InChI is InChI=1S/C18H20N4O4S/c1-14-4-6-15(7-5-14)27(23,24)22-10-8-21(9-11-22)13-17-19-18(20-26-17)16-3-2-12-25-16/h2-7,12H,8-11,13H2,1H3. The molecule has 9 heteroatoms. The van der Waals surface area contributed by atoms with Crippen molar-refractivity contribution >= 4 is 10.0 Å². The predicted octanol–water partition coefficient (Wildman–Crippen LogP) is 2.14. The number of aromatic nitrogens is 2. The van der Waals surface area contributed by atoms with Gasteiger partial charge >= 0.3 is 0 Å². The summed E-state index contributed by atoms with van der Waals surface area (Å²) in [6.45, 7) is 4.47. The summed E-state index contributed by atoms with van der Waals surface area (Å²) in [5.74, 6) is 1.45. The van der Waals surface area contributed by atoms with E-state index in [9.17, 15) is 8.42 Å². The number of rotatable bonds is 5. The first-order valence-electron chi connectivity index (χ1n) is 8.68. The van der Waals surface area contributed by atoms with Gasteiger partial charge in [-0.2, -0.15) is 9.29 Å². The van der Waals surface area contributed by atoms with Crippen molar-refractivity contribution < 1.29 is 17.4 Å². The zero-order valence-corrected chi connectivity index (χ0v) is 15.7. The van der Waals surface area contributed by atoms with E-state index in [1.54, 1.807) is 30.5 Å². The van der Waals surface area contributed by atoms with Crippen LogP contribution in [0.4, 0.5) is 0 Å². The van der Waals surface area contributed by atoms with Crippen molar-refractivity contribution in [2.45, 2.75) is 18.4 Å². The van der Waals surface area contributed by atoms with E-state index in [-0.39, 0.29) is 0 Å². The van der Waals surface area contributed by atoms with E-state index in [1.165, 1.54) is 4.31 Å². The molecule has 0 spiro atoms. The third-order valence-electron chi connectivity index (χ3n) is 4.56. The summed E-state index contributed by atoms with van der Waals surface area (Å²) in [5.41, 5.74) is 1.03. The van der Waals surface area contributed by atoms with Crippen LogP contribution in [0.2, 0.25) is 0 Å². The molecule has 0 atom stereocenters. The van der Waals surface area contributed by atoms with Gasteiger partial charge in [0.2, 0.25) is 21.7 Å². The largest absolute Gasteiger partial charge is 0.461 e. The smallest absolute Gasteiger partial charge is 0.243 e. The molecule has 0 saturated carbocycles. The van der Waals surface area contributed by atoms with Crippen LogP contribution < -0.4 is 0 Å². The first kappa shape index (κ1) is 17.9. The molecule has 0 aliphatic carbocycles. The van der Waals surface area contributed by atoms with Gasteiger partial charge in [0.25, 0.3) is 0 Å². The third-order valence-corrected chi connectivity index (χ3v) is 6.47. The maximum Gasteiger partial charge on any atom is 0.243 e. The van der Waals surface area contributed by atoms with Crippen LogP contribution in [0, 0.1) is 6.92 Å². The molecule has 1 aromatic carbocycles. The second kappa shape index (κ2) is 7.26. The molecule has 1 aliphatic rings. The maximum atomic E-state index is 12.8. The minimum absolute atomic E-state index is 0.335. The fourth-order valence-corrected chi connectivity index (χ4v) is 4.43. The van der Waals surface area contributed by atoms with Crippen molar-refractivity contribution in [1.82, 2.24) is 19.3 Å². The number of aryl methyl sites for hydroxylation is 1. The zero-order valence-electron chi connectivity index (χ0n) is 14.9. The number of hydrogen-bond donors (Lipinski definition) is 0. The van der Waals surface area contributed by atoms with Crippen LogP contribution in [0.1, 0.15) is 11.5 Å². The Labute approximate surface area is 157 Å². The highest BCUT2D eigenvalue weighted by molar-refractivity contribution is 7.89. The highest BCUT2D eigenvalue weighted by atomic mass is 32.2. The minimum atomic E-state index is -3.46. The quantitative estimate of drug-likeness (QED) is 0.661. The molecule has 1 fully saturated rings. The Hall–Kier alpha value is -2.49. The second-order valence-corrected chi connectivity index (χ2v) is 8.42. The lowest BCUT2D eigenvalue weighted by atomic mass is 10.2. The van der Waals surface area contributed by atoms with Crippen LogP contribution >= 0.6 is 0 Å². The van der Waals surface area contributed by atoms with Crippen molar-refractivity contribution in [2.24, 2.45) is 0 Å². The molecule has 142 valence electrons. The second-order valence-electron chi connectivity index (χ2n) is 6.48. The van der Waals surface area contributed by atoms with Crippen molar-refractivity contribution in [3.63, 3.8) is 0 Å². The highest BCUT2D eigenvalue weighted by Gasteiger charge is 2.29. The van der Waals surface area contributed by atoms with Crippen molar-refractivity contribution in [3.8, 4) is 11.6 Å². The molecule has 0 radical (unpaired) electrons. The summed E-state index contributed by atoms with van der Waals surface area (Å²) >= 11 is 0. The van der Waals surface area contributed by atoms with Crippen LogP contribution in [0.25, 0.3) is 11.6 Å². The Balaban J connectivity index is 1.37. The minimum Gasteiger partial charge on any atom is -0.461 e. The maximum absolute atomic E-state index is 12.8. The van der Waals surface area contributed by atoms with Crippen LogP contribution in [0.15, 0.2) is 56.5 Å². The van der Waals surface area contributed by atoms with E-state index in [1.807, 2.05) is 19.1 Å². The Kier molecular flexibility index (Phi) is 4.81. The van der Waals surface area contributed by atoms with E-state index in [0.29, 0.717) is 55.1 Å². The molecular formula is C18H20N4O4S. The summed E-state index contributed by atoms with van der Waals surface area (Å²) in [6.07, 6.45) is 1.55. The lowest BCUT2D eigenvalue weighted by molar-refractivity contribution is 0.163. The van der Waals surface area contributed by atoms with Crippen molar-refractivity contribution in [1.29, 1.82) is 0 Å². The first-order valence-corrected chi connectivity index (χ1v) is 10.1. The lowest BCUT2D eigenvalue weighted by Crippen LogP contribution is -2.48. The monoisotopic (exact) mass is 388 g/mol. The summed E-state index contributed by atoms with van der Waals surface area (Å²) in [4.78, 5) is 6.76. The number of piperazine rings is 1. The molecule has 3 heterocycles. The van der Waals surface area contributed by atoms with E-state index in [2.05, 4.69) is 15.0 Å². The molecule has 3 aromatic rings. The average Bonchev–Trinajstić information content (AvgIpc) is 3.34. The molecule has 0 N–H and O–H groups in total. The van der Waals surface area contributed by atoms with Crippen LogP contribution in [0.5, 0.6) is 0 Å². The average molecular weight is 388 g/mol. The molecule has 0 unspecified atom stereocenters. The number of furan rings is 1. The Bertz CT molecular complexity index is 988. The fraction of sp³-hybridized carbons (Fsp3) is 0.333.